The van der Waals surface area contributed by atoms with Gasteiger partial charge in [-0.1, -0.05) is 6.07 Å². The van der Waals surface area contributed by atoms with Crippen molar-refractivity contribution in [2.45, 2.75) is 25.8 Å². The van der Waals surface area contributed by atoms with Gasteiger partial charge in [-0.2, -0.15) is 0 Å². The fourth-order valence-electron chi connectivity index (χ4n) is 2.17. The number of ether oxygens (including phenoxy) is 2. The van der Waals surface area contributed by atoms with Crippen LogP contribution in [0.2, 0.25) is 6.04 Å². The lowest BCUT2D eigenvalue weighted by Crippen LogP contribution is -2.42. The van der Waals surface area contributed by atoms with E-state index in [2.05, 4.69) is 0 Å². The summed E-state index contributed by atoms with van der Waals surface area (Å²) < 4.78 is 26.6. The van der Waals surface area contributed by atoms with E-state index in [0.29, 0.717) is 18.1 Å². The maximum absolute atomic E-state index is 8.63. The van der Waals surface area contributed by atoms with Crippen LogP contribution in [0.15, 0.2) is 18.2 Å². The highest BCUT2D eigenvalue weighted by atomic mass is 28.4. The van der Waals surface area contributed by atoms with Gasteiger partial charge in [0.1, 0.15) is 0 Å². The molecule has 1 rings (SSSR count). The maximum atomic E-state index is 8.63. The largest absolute Gasteiger partial charge is 0.500 e. The summed E-state index contributed by atoms with van der Waals surface area (Å²) in [5, 5.41) is 8.63. The predicted molar refractivity (Wildman–Crippen MR) is 83.8 cm³/mol. The van der Waals surface area contributed by atoms with Crippen LogP contribution in [-0.2, 0) is 19.7 Å². The van der Waals surface area contributed by atoms with Crippen molar-refractivity contribution in [3.8, 4) is 17.8 Å². The molecule has 22 heavy (non-hydrogen) atoms. The summed E-state index contributed by atoms with van der Waals surface area (Å²) in [7, 11) is 2.31. The van der Waals surface area contributed by atoms with Crippen LogP contribution in [0.5, 0.6) is 11.5 Å². The minimum Gasteiger partial charge on any atom is -0.490 e. The standard InChI is InChI=1S/C15H23NO5Si/c1-5-20-15-11-13(8-9-14(15)21-12-16)7-6-10-22(17-2,18-3)19-4/h8-9,11H,5-7,10H2,1-4H3. The smallest absolute Gasteiger partial charge is 0.490 e. The van der Waals surface area contributed by atoms with Gasteiger partial charge in [-0.05, 0) is 37.5 Å². The molecule has 0 bridgehead atoms. The Morgan fingerprint density at radius 2 is 1.77 bits per heavy atom. The van der Waals surface area contributed by atoms with Gasteiger partial charge in [0.25, 0.3) is 6.26 Å². The first-order chi connectivity index (χ1) is 10.6. The molecule has 0 N–H and O–H groups in total. The Labute approximate surface area is 132 Å². The molecule has 0 unspecified atom stereocenters. The molecule has 0 spiro atoms. The fourth-order valence-corrected chi connectivity index (χ4v) is 3.90. The maximum Gasteiger partial charge on any atom is 0.500 e. The third kappa shape index (κ3) is 5.00. The zero-order valence-corrected chi connectivity index (χ0v) is 14.5. The number of hydrogen-bond donors (Lipinski definition) is 0. The molecule has 0 aliphatic heterocycles. The summed E-state index contributed by atoms with van der Waals surface area (Å²) in [4.78, 5) is 0. The molecule has 0 radical (unpaired) electrons. The van der Waals surface area contributed by atoms with Crippen molar-refractivity contribution in [2.75, 3.05) is 27.9 Å². The summed E-state index contributed by atoms with van der Waals surface area (Å²) in [6.45, 7) is 2.40. The molecular weight excluding hydrogens is 302 g/mol. The van der Waals surface area contributed by atoms with Crippen molar-refractivity contribution < 1.29 is 22.8 Å². The molecule has 0 saturated carbocycles. The van der Waals surface area contributed by atoms with Crippen molar-refractivity contribution in [2.24, 2.45) is 0 Å². The molecule has 122 valence electrons. The summed E-state index contributed by atoms with van der Waals surface area (Å²) in [6, 6.07) is 6.30. The number of nitriles is 1. The second-order valence-electron chi connectivity index (χ2n) is 4.56. The highest BCUT2D eigenvalue weighted by molar-refractivity contribution is 6.60. The van der Waals surface area contributed by atoms with E-state index >= 15 is 0 Å². The Bertz CT molecular complexity index is 491. The van der Waals surface area contributed by atoms with Crippen LogP contribution in [0.3, 0.4) is 0 Å². The summed E-state index contributed by atoms with van der Waals surface area (Å²) >= 11 is 0. The predicted octanol–water partition coefficient (Wildman–Crippen LogP) is 2.76. The molecule has 0 saturated heterocycles. The molecular formula is C15H23NO5Si. The van der Waals surface area contributed by atoms with Crippen LogP contribution >= 0.6 is 0 Å². The van der Waals surface area contributed by atoms with Gasteiger partial charge in [-0.3, -0.25) is 0 Å². The highest BCUT2D eigenvalue weighted by Crippen LogP contribution is 2.29. The summed E-state index contributed by atoms with van der Waals surface area (Å²) in [5.41, 5.74) is 1.10. The quantitative estimate of drug-likeness (QED) is 0.486. The Hall–Kier alpha value is -1.59. The lowest BCUT2D eigenvalue weighted by molar-refractivity contribution is 0.123. The lowest BCUT2D eigenvalue weighted by Gasteiger charge is -2.24. The molecule has 0 amide bonds. The normalized spacial score (nSPS) is 11.0. The number of hydrogen-bond acceptors (Lipinski definition) is 6. The van der Waals surface area contributed by atoms with Gasteiger partial charge in [0, 0.05) is 27.4 Å². The van der Waals surface area contributed by atoms with Gasteiger partial charge in [-0.15, -0.1) is 5.26 Å². The van der Waals surface area contributed by atoms with E-state index in [4.69, 9.17) is 28.0 Å². The molecule has 0 aliphatic carbocycles. The van der Waals surface area contributed by atoms with Gasteiger partial charge in [0.2, 0.25) is 0 Å². The van der Waals surface area contributed by atoms with Crippen LogP contribution in [0.4, 0.5) is 0 Å². The molecule has 1 aromatic carbocycles. The third-order valence-electron chi connectivity index (χ3n) is 3.34. The molecule has 0 fully saturated rings. The van der Waals surface area contributed by atoms with Gasteiger partial charge in [0.15, 0.2) is 11.5 Å². The third-order valence-corrected chi connectivity index (χ3v) is 6.18. The fraction of sp³-hybridized carbons (Fsp3) is 0.533. The Morgan fingerprint density at radius 1 is 1.09 bits per heavy atom. The van der Waals surface area contributed by atoms with E-state index in [-0.39, 0.29) is 0 Å². The van der Waals surface area contributed by atoms with E-state index in [1.807, 2.05) is 19.1 Å². The Morgan fingerprint density at radius 3 is 2.32 bits per heavy atom. The first-order valence-electron chi connectivity index (χ1n) is 7.11. The average Bonchev–Trinajstić information content (AvgIpc) is 2.55. The summed E-state index contributed by atoms with van der Waals surface area (Å²) in [5.74, 6) is 1.01. The minimum atomic E-state index is -2.52. The van der Waals surface area contributed by atoms with Gasteiger partial charge < -0.3 is 22.8 Å². The Balaban J connectivity index is 2.70. The second kappa shape index (κ2) is 9.43. The number of aryl methyl sites for hydroxylation is 1. The van der Waals surface area contributed by atoms with Crippen molar-refractivity contribution in [1.29, 1.82) is 5.26 Å². The molecule has 0 heterocycles. The van der Waals surface area contributed by atoms with E-state index < -0.39 is 8.80 Å². The van der Waals surface area contributed by atoms with Crippen LogP contribution in [0.1, 0.15) is 18.9 Å². The van der Waals surface area contributed by atoms with Gasteiger partial charge >= 0.3 is 8.80 Å². The van der Waals surface area contributed by atoms with E-state index in [1.165, 1.54) is 0 Å². The number of benzene rings is 1. The van der Waals surface area contributed by atoms with Crippen molar-refractivity contribution >= 4 is 8.80 Å². The Kier molecular flexibility index (Phi) is 7.91. The second-order valence-corrected chi connectivity index (χ2v) is 7.65. The molecule has 7 heteroatoms. The summed E-state index contributed by atoms with van der Waals surface area (Å²) in [6.07, 6.45) is 3.36. The molecule has 0 aliphatic rings. The van der Waals surface area contributed by atoms with E-state index in [0.717, 1.165) is 24.4 Å². The molecule has 6 nitrogen and oxygen atoms in total. The van der Waals surface area contributed by atoms with Crippen molar-refractivity contribution in [3.63, 3.8) is 0 Å². The monoisotopic (exact) mass is 325 g/mol. The van der Waals surface area contributed by atoms with Gasteiger partial charge in [-0.25, -0.2) is 0 Å². The molecule has 1 aromatic rings. The molecule has 0 atom stereocenters. The first kappa shape index (κ1) is 18.5. The zero-order valence-electron chi connectivity index (χ0n) is 13.5. The first-order valence-corrected chi connectivity index (χ1v) is 9.05. The lowest BCUT2D eigenvalue weighted by atomic mass is 10.1. The zero-order chi connectivity index (χ0) is 16.4. The van der Waals surface area contributed by atoms with Crippen molar-refractivity contribution in [3.05, 3.63) is 23.8 Å². The van der Waals surface area contributed by atoms with Crippen LogP contribution in [-0.4, -0.2) is 36.7 Å². The minimum absolute atomic E-state index is 0.433. The number of rotatable bonds is 10. The SMILES string of the molecule is CCOc1cc(CCC[Si](OC)(OC)OC)ccc1OC#N. The van der Waals surface area contributed by atoms with Crippen LogP contribution in [0, 0.1) is 11.5 Å². The molecule has 0 aromatic heterocycles. The average molecular weight is 325 g/mol. The van der Waals surface area contributed by atoms with Crippen LogP contribution < -0.4 is 9.47 Å². The van der Waals surface area contributed by atoms with Gasteiger partial charge in [0.05, 0.1) is 6.61 Å². The topological polar surface area (TPSA) is 69.9 Å². The van der Waals surface area contributed by atoms with E-state index in [1.54, 1.807) is 33.7 Å². The van der Waals surface area contributed by atoms with E-state index in [9.17, 15) is 0 Å². The van der Waals surface area contributed by atoms with Crippen molar-refractivity contribution in [1.82, 2.24) is 0 Å². The van der Waals surface area contributed by atoms with Crippen LogP contribution in [0.25, 0.3) is 0 Å². The highest BCUT2D eigenvalue weighted by Gasteiger charge is 2.36. The number of nitrogens with zero attached hydrogens (tertiary/aromatic N) is 1.